The van der Waals surface area contributed by atoms with E-state index in [-0.39, 0.29) is 0 Å². The van der Waals surface area contributed by atoms with Gasteiger partial charge in [-0.05, 0) is 18.4 Å². The first-order valence-electron chi connectivity index (χ1n) is 3.51. The standard InChI is InChI=1S/C9H10OS2/c1-10-8-6-4-3-5-7(8)9(11)12-2/h3-6H,1-2H3. The van der Waals surface area contributed by atoms with Crippen LogP contribution in [0.1, 0.15) is 5.56 Å². The van der Waals surface area contributed by atoms with E-state index in [0.717, 1.165) is 15.5 Å². The molecule has 0 spiro atoms. The van der Waals surface area contributed by atoms with Crippen LogP contribution < -0.4 is 4.74 Å². The van der Waals surface area contributed by atoms with Crippen LogP contribution in [0, 0.1) is 0 Å². The molecule has 64 valence electrons. The number of ether oxygens (including phenoxy) is 1. The van der Waals surface area contributed by atoms with Crippen LogP contribution in [0.25, 0.3) is 0 Å². The maximum absolute atomic E-state index is 5.17. The van der Waals surface area contributed by atoms with Crippen LogP contribution in [-0.4, -0.2) is 17.6 Å². The molecule has 0 saturated carbocycles. The van der Waals surface area contributed by atoms with Gasteiger partial charge in [0, 0.05) is 5.56 Å². The van der Waals surface area contributed by atoms with Gasteiger partial charge in [0.1, 0.15) is 5.75 Å². The number of hydrogen-bond acceptors (Lipinski definition) is 3. The molecule has 0 unspecified atom stereocenters. The molecular weight excluding hydrogens is 188 g/mol. The molecule has 0 saturated heterocycles. The summed E-state index contributed by atoms with van der Waals surface area (Å²) in [6.45, 7) is 0. The average molecular weight is 198 g/mol. The monoisotopic (exact) mass is 198 g/mol. The summed E-state index contributed by atoms with van der Waals surface area (Å²) in [6.07, 6.45) is 1.97. The van der Waals surface area contributed by atoms with E-state index in [2.05, 4.69) is 0 Å². The Bertz CT molecular complexity index is 284. The lowest BCUT2D eigenvalue weighted by molar-refractivity contribution is 0.414. The van der Waals surface area contributed by atoms with Gasteiger partial charge in [0.25, 0.3) is 0 Å². The maximum atomic E-state index is 5.17. The minimum atomic E-state index is 0.844. The van der Waals surface area contributed by atoms with Crippen LogP contribution in [0.3, 0.4) is 0 Å². The van der Waals surface area contributed by atoms with Gasteiger partial charge in [-0.25, -0.2) is 0 Å². The Morgan fingerprint density at radius 1 is 1.42 bits per heavy atom. The zero-order valence-electron chi connectivity index (χ0n) is 7.03. The third-order valence-electron chi connectivity index (χ3n) is 1.51. The van der Waals surface area contributed by atoms with Crippen molar-refractivity contribution in [1.82, 2.24) is 0 Å². The number of hydrogen-bond donors (Lipinski definition) is 0. The summed E-state index contributed by atoms with van der Waals surface area (Å²) in [5.41, 5.74) is 1.00. The zero-order valence-corrected chi connectivity index (χ0v) is 8.67. The normalized spacial score (nSPS) is 9.50. The van der Waals surface area contributed by atoms with Crippen molar-refractivity contribution in [3.63, 3.8) is 0 Å². The highest BCUT2D eigenvalue weighted by Crippen LogP contribution is 2.22. The van der Waals surface area contributed by atoms with Crippen molar-refractivity contribution in [2.75, 3.05) is 13.4 Å². The molecular formula is C9H10OS2. The molecule has 0 fully saturated rings. The average Bonchev–Trinajstić information content (AvgIpc) is 2.16. The number of para-hydroxylation sites is 1. The number of methoxy groups -OCH3 is 1. The fraction of sp³-hybridized carbons (Fsp3) is 0.222. The second-order valence-electron chi connectivity index (χ2n) is 2.19. The van der Waals surface area contributed by atoms with Gasteiger partial charge in [-0.2, -0.15) is 0 Å². The summed E-state index contributed by atoms with van der Waals surface area (Å²) in [6, 6.07) is 7.78. The smallest absolute Gasteiger partial charge is 0.128 e. The van der Waals surface area contributed by atoms with Gasteiger partial charge < -0.3 is 4.74 Å². The van der Waals surface area contributed by atoms with Crippen molar-refractivity contribution < 1.29 is 4.74 Å². The third-order valence-corrected chi connectivity index (χ3v) is 2.82. The Morgan fingerprint density at radius 3 is 2.67 bits per heavy atom. The Labute approximate surface area is 82.1 Å². The summed E-state index contributed by atoms with van der Waals surface area (Å²) >= 11 is 6.72. The van der Waals surface area contributed by atoms with Crippen LogP contribution in [-0.2, 0) is 0 Å². The fourth-order valence-electron chi connectivity index (χ4n) is 0.923. The highest BCUT2D eigenvalue weighted by atomic mass is 32.2. The molecule has 0 radical (unpaired) electrons. The lowest BCUT2D eigenvalue weighted by atomic mass is 10.2. The molecule has 0 aliphatic rings. The van der Waals surface area contributed by atoms with E-state index in [1.54, 1.807) is 18.9 Å². The highest BCUT2D eigenvalue weighted by Gasteiger charge is 2.04. The Morgan fingerprint density at radius 2 is 2.08 bits per heavy atom. The topological polar surface area (TPSA) is 9.23 Å². The van der Waals surface area contributed by atoms with E-state index in [4.69, 9.17) is 17.0 Å². The van der Waals surface area contributed by atoms with E-state index < -0.39 is 0 Å². The maximum Gasteiger partial charge on any atom is 0.128 e. The fourth-order valence-corrected chi connectivity index (χ4v) is 1.48. The Hall–Kier alpha value is -0.540. The first-order chi connectivity index (χ1) is 5.79. The molecule has 0 amide bonds. The summed E-state index contributed by atoms with van der Waals surface area (Å²) in [5.74, 6) is 0.844. The number of benzene rings is 1. The molecule has 0 heterocycles. The molecule has 0 bridgehead atoms. The second-order valence-corrected chi connectivity index (χ2v) is 3.68. The number of thioether (sulfide) groups is 1. The summed E-state index contributed by atoms with van der Waals surface area (Å²) in [4.78, 5) is 0. The molecule has 3 heteroatoms. The molecule has 1 aromatic carbocycles. The van der Waals surface area contributed by atoms with Crippen LogP contribution in [0.5, 0.6) is 5.75 Å². The van der Waals surface area contributed by atoms with Gasteiger partial charge in [-0.15, -0.1) is 11.8 Å². The molecule has 0 atom stereocenters. The van der Waals surface area contributed by atoms with E-state index in [9.17, 15) is 0 Å². The predicted octanol–water partition coefficient (Wildman–Crippen LogP) is 2.73. The number of rotatable bonds is 2. The highest BCUT2D eigenvalue weighted by molar-refractivity contribution is 8.23. The summed E-state index contributed by atoms with van der Waals surface area (Å²) < 4.78 is 6.04. The van der Waals surface area contributed by atoms with Gasteiger partial charge in [0.05, 0.1) is 11.3 Å². The first-order valence-corrected chi connectivity index (χ1v) is 5.14. The van der Waals surface area contributed by atoms with Crippen molar-refractivity contribution in [2.45, 2.75) is 0 Å². The van der Waals surface area contributed by atoms with Gasteiger partial charge in [-0.3, -0.25) is 0 Å². The minimum absolute atomic E-state index is 0.844. The van der Waals surface area contributed by atoms with Crippen LogP contribution >= 0.6 is 24.0 Å². The molecule has 1 rings (SSSR count). The molecule has 12 heavy (non-hydrogen) atoms. The Kier molecular flexibility index (Phi) is 3.56. The van der Waals surface area contributed by atoms with Crippen molar-refractivity contribution >= 4 is 28.2 Å². The number of thiocarbonyl (C=S) groups is 1. The summed E-state index contributed by atoms with van der Waals surface area (Å²) in [5, 5.41) is 0. The third kappa shape index (κ3) is 1.99. The van der Waals surface area contributed by atoms with Gasteiger partial charge in [-0.1, -0.05) is 24.4 Å². The molecule has 0 aromatic heterocycles. The predicted molar refractivity (Wildman–Crippen MR) is 58.2 cm³/mol. The van der Waals surface area contributed by atoms with Gasteiger partial charge in [0.2, 0.25) is 0 Å². The Balaban J connectivity index is 3.04. The lowest BCUT2D eigenvalue weighted by Crippen LogP contribution is -1.95. The van der Waals surface area contributed by atoms with E-state index >= 15 is 0 Å². The molecule has 1 aromatic rings. The van der Waals surface area contributed by atoms with Crippen LogP contribution in [0.2, 0.25) is 0 Å². The molecule has 1 nitrogen and oxygen atoms in total. The van der Waals surface area contributed by atoms with E-state index in [0.29, 0.717) is 0 Å². The molecule has 0 aliphatic carbocycles. The van der Waals surface area contributed by atoms with Crippen molar-refractivity contribution in [3.05, 3.63) is 29.8 Å². The van der Waals surface area contributed by atoms with Crippen LogP contribution in [0.15, 0.2) is 24.3 Å². The molecule has 0 aliphatic heterocycles. The van der Waals surface area contributed by atoms with Gasteiger partial charge in [0.15, 0.2) is 0 Å². The van der Waals surface area contributed by atoms with Gasteiger partial charge >= 0.3 is 0 Å². The molecule has 0 N–H and O–H groups in total. The quantitative estimate of drug-likeness (QED) is 0.676. The zero-order chi connectivity index (χ0) is 8.97. The summed E-state index contributed by atoms with van der Waals surface area (Å²) in [7, 11) is 1.65. The second kappa shape index (κ2) is 4.48. The first kappa shape index (κ1) is 9.55. The van der Waals surface area contributed by atoms with Crippen LogP contribution in [0.4, 0.5) is 0 Å². The van der Waals surface area contributed by atoms with E-state index in [1.807, 2.05) is 30.5 Å². The van der Waals surface area contributed by atoms with Crippen molar-refractivity contribution in [3.8, 4) is 5.75 Å². The minimum Gasteiger partial charge on any atom is -0.496 e. The lowest BCUT2D eigenvalue weighted by Gasteiger charge is -2.06. The SMILES string of the molecule is COc1ccccc1C(=S)SC. The largest absolute Gasteiger partial charge is 0.496 e. The van der Waals surface area contributed by atoms with Crippen molar-refractivity contribution in [1.29, 1.82) is 0 Å². The van der Waals surface area contributed by atoms with E-state index in [1.165, 1.54) is 0 Å². The van der Waals surface area contributed by atoms with Crippen molar-refractivity contribution in [2.24, 2.45) is 0 Å².